The quantitative estimate of drug-likeness (QED) is 0.166. The van der Waals surface area contributed by atoms with Crippen LogP contribution < -0.4 is 35.0 Å². The first kappa shape index (κ1) is 35.3. The fourth-order valence-corrected chi connectivity index (χ4v) is 7.76. The average molecular weight is 753 g/mol. The van der Waals surface area contributed by atoms with E-state index in [9.17, 15) is 0 Å². The highest BCUT2D eigenvalue weighted by atomic mass is 35.5. The van der Waals surface area contributed by atoms with Crippen LogP contribution in [0.4, 0.5) is 19.0 Å². The number of nitrogens with one attached hydrogen (secondary N) is 1. The normalized spacial score (nSPS) is 15.7. The first-order valence-electron chi connectivity index (χ1n) is 17.4. The first-order valence-corrected chi connectivity index (χ1v) is 17.8. The van der Waals surface area contributed by atoms with Gasteiger partial charge in [0.05, 0.1) is 47.1 Å². The monoisotopic (exact) mass is 752 g/mol. The summed E-state index contributed by atoms with van der Waals surface area (Å²) in [6.07, 6.45) is 4.04. The zero-order chi connectivity index (χ0) is 37.6. The molecule has 3 aromatic carbocycles. The van der Waals surface area contributed by atoms with Crippen LogP contribution in [0.1, 0.15) is 45.8 Å². The molecule has 3 aliphatic rings. The number of alkyl halides is 3. The SMILES string of the molecule is COc1ccc(CN(Cc2ccc(OC)cc2)c2cc(C)c(C(F)(F)F)c(-c3cc4c5c(c3Cl)=NCNC=5N(C3CCc5ccncc53)C=CO4)n2)cc1. The van der Waals surface area contributed by atoms with E-state index >= 15 is 13.2 Å². The molecule has 13 heteroatoms. The van der Waals surface area contributed by atoms with E-state index in [1.807, 2.05) is 71.9 Å². The fourth-order valence-electron chi connectivity index (χ4n) is 7.46. The maximum absolute atomic E-state index is 15.1. The number of hydrogen-bond acceptors (Lipinski definition) is 9. The summed E-state index contributed by atoms with van der Waals surface area (Å²) in [7, 11) is 3.19. The number of aryl methyl sites for hydroxylation is 2. The van der Waals surface area contributed by atoms with Crippen LogP contribution in [0.15, 0.2) is 96.6 Å². The number of anilines is 1. The highest BCUT2D eigenvalue weighted by molar-refractivity contribution is 6.33. The molecule has 2 aromatic heterocycles. The van der Waals surface area contributed by atoms with Crippen LogP contribution >= 0.6 is 11.6 Å². The number of benzene rings is 3. The Kier molecular flexibility index (Phi) is 9.31. The smallest absolute Gasteiger partial charge is 0.418 e. The van der Waals surface area contributed by atoms with Crippen molar-refractivity contribution in [3.63, 3.8) is 0 Å². The van der Waals surface area contributed by atoms with Crippen molar-refractivity contribution in [1.82, 2.24) is 20.2 Å². The molecular weight excluding hydrogens is 717 g/mol. The largest absolute Gasteiger partial charge is 0.497 e. The van der Waals surface area contributed by atoms with Crippen LogP contribution in [0.3, 0.4) is 0 Å². The van der Waals surface area contributed by atoms with E-state index in [4.69, 9.17) is 30.8 Å². The van der Waals surface area contributed by atoms with Gasteiger partial charge in [-0.25, -0.2) is 4.98 Å². The minimum absolute atomic E-state index is 0.00275. The molecule has 4 heterocycles. The standard InChI is InChI=1S/C41H36ClF3N6O3/c1-24-18-34(50(21-25-4-9-28(52-2)10-5-25)22-26-6-11-29(53-3)12-7-26)49-38(36(24)41(43,44)45)30-19-33-35-39(37(30)42)47-23-48-40(35)51(16-17-54-33)32-13-8-27-14-15-46-20-31(27)32/h4-7,9-12,14-20,32,48H,8,13,21-23H2,1-3H3. The van der Waals surface area contributed by atoms with Crippen molar-refractivity contribution in [1.29, 1.82) is 0 Å². The lowest BCUT2D eigenvalue weighted by Crippen LogP contribution is -2.44. The van der Waals surface area contributed by atoms with Gasteiger partial charge in [-0.15, -0.1) is 0 Å². The summed E-state index contributed by atoms with van der Waals surface area (Å²) in [5, 5.41) is 4.34. The highest BCUT2D eigenvalue weighted by Crippen LogP contribution is 2.43. The van der Waals surface area contributed by atoms with Crippen LogP contribution in [0.25, 0.3) is 17.1 Å². The van der Waals surface area contributed by atoms with E-state index in [1.54, 1.807) is 32.7 Å². The molecule has 0 radical (unpaired) electrons. The van der Waals surface area contributed by atoms with Crippen molar-refractivity contribution in [3.05, 3.63) is 141 Å². The lowest BCUT2D eigenvalue weighted by Gasteiger charge is -2.31. The molecule has 8 rings (SSSR count). The number of methoxy groups -OCH3 is 2. The van der Waals surface area contributed by atoms with E-state index in [0.29, 0.717) is 52.6 Å². The van der Waals surface area contributed by atoms with Crippen molar-refractivity contribution in [2.45, 2.75) is 45.1 Å². The van der Waals surface area contributed by atoms with Gasteiger partial charge in [-0.05, 0) is 90.0 Å². The number of halogens is 4. The van der Waals surface area contributed by atoms with E-state index in [2.05, 4.69) is 20.2 Å². The van der Waals surface area contributed by atoms with Crippen molar-refractivity contribution in [3.8, 4) is 28.5 Å². The van der Waals surface area contributed by atoms with Gasteiger partial charge in [0, 0.05) is 37.2 Å². The molecule has 0 fully saturated rings. The van der Waals surface area contributed by atoms with Crippen LogP contribution in [-0.4, -0.2) is 35.8 Å². The Hall–Kier alpha value is -5.75. The van der Waals surface area contributed by atoms with Crippen molar-refractivity contribution < 1.29 is 27.4 Å². The van der Waals surface area contributed by atoms with Gasteiger partial charge < -0.3 is 29.3 Å². The number of hydrogen-bond donors (Lipinski definition) is 1. The minimum Gasteiger partial charge on any atom is -0.497 e. The number of ether oxygens (including phenoxy) is 3. The molecule has 276 valence electrons. The predicted molar refractivity (Wildman–Crippen MR) is 199 cm³/mol. The molecule has 1 aliphatic carbocycles. The van der Waals surface area contributed by atoms with Crippen molar-refractivity contribution in [2.24, 2.45) is 4.99 Å². The molecule has 0 bridgehead atoms. The second kappa shape index (κ2) is 14.2. The fraction of sp³-hybridized carbons (Fsp3) is 0.244. The second-order valence-electron chi connectivity index (χ2n) is 13.3. The molecule has 54 heavy (non-hydrogen) atoms. The number of fused-ring (bicyclic) bond motifs is 1. The Balaban J connectivity index is 1.28. The van der Waals surface area contributed by atoms with Gasteiger partial charge in [-0.3, -0.25) is 9.98 Å². The van der Waals surface area contributed by atoms with Gasteiger partial charge in [0.1, 0.15) is 41.8 Å². The average Bonchev–Trinajstić information content (AvgIpc) is 3.51. The summed E-state index contributed by atoms with van der Waals surface area (Å²) in [5.41, 5.74) is 3.03. The van der Waals surface area contributed by atoms with E-state index < -0.39 is 11.7 Å². The Morgan fingerprint density at radius 3 is 2.31 bits per heavy atom. The summed E-state index contributed by atoms with van der Waals surface area (Å²) in [6.45, 7) is 2.31. The van der Waals surface area contributed by atoms with E-state index in [-0.39, 0.29) is 34.6 Å². The molecule has 2 aliphatic heterocycles. The van der Waals surface area contributed by atoms with Crippen LogP contribution in [0, 0.1) is 6.92 Å². The lowest BCUT2D eigenvalue weighted by molar-refractivity contribution is -0.137. The molecule has 1 atom stereocenters. The second-order valence-corrected chi connectivity index (χ2v) is 13.7. The van der Waals surface area contributed by atoms with Gasteiger partial charge in [0.2, 0.25) is 0 Å². The van der Waals surface area contributed by atoms with Gasteiger partial charge in [0.25, 0.3) is 0 Å². The summed E-state index contributed by atoms with van der Waals surface area (Å²) >= 11 is 7.16. The van der Waals surface area contributed by atoms with Gasteiger partial charge in [-0.2, -0.15) is 13.2 Å². The van der Waals surface area contributed by atoms with Crippen LogP contribution in [0.5, 0.6) is 17.2 Å². The molecule has 0 saturated heterocycles. The Bertz CT molecular complexity index is 2340. The highest BCUT2D eigenvalue weighted by Gasteiger charge is 2.39. The van der Waals surface area contributed by atoms with E-state index in [0.717, 1.165) is 29.5 Å². The summed E-state index contributed by atoms with van der Waals surface area (Å²) < 4.78 is 62.1. The number of pyridine rings is 2. The summed E-state index contributed by atoms with van der Waals surface area (Å²) in [6, 6.07) is 20.1. The van der Waals surface area contributed by atoms with Gasteiger partial charge in [-0.1, -0.05) is 35.9 Å². The number of aromatic nitrogens is 2. The third kappa shape index (κ3) is 6.55. The predicted octanol–water partition coefficient (Wildman–Crippen LogP) is 7.45. The lowest BCUT2D eigenvalue weighted by atomic mass is 9.99. The molecule has 5 aromatic rings. The minimum atomic E-state index is -4.74. The molecule has 0 saturated carbocycles. The maximum atomic E-state index is 15.1. The Morgan fingerprint density at radius 2 is 1.67 bits per heavy atom. The Morgan fingerprint density at radius 1 is 0.981 bits per heavy atom. The van der Waals surface area contributed by atoms with Gasteiger partial charge >= 0.3 is 6.18 Å². The molecule has 1 N–H and O–H groups in total. The third-order valence-corrected chi connectivity index (χ3v) is 10.4. The molecule has 0 amide bonds. The van der Waals surface area contributed by atoms with E-state index in [1.165, 1.54) is 18.6 Å². The number of nitrogens with zero attached hydrogens (tertiary/aromatic N) is 5. The Labute approximate surface area is 315 Å². The zero-order valence-corrected chi connectivity index (χ0v) is 30.5. The van der Waals surface area contributed by atoms with Crippen LogP contribution in [-0.2, 0) is 25.7 Å². The molecule has 9 nitrogen and oxygen atoms in total. The topological polar surface area (TPSA) is 84.3 Å². The number of rotatable bonds is 9. The molecule has 0 spiro atoms. The third-order valence-electron chi connectivity index (χ3n) is 10.1. The van der Waals surface area contributed by atoms with Crippen LogP contribution in [0.2, 0.25) is 5.02 Å². The van der Waals surface area contributed by atoms with Gasteiger partial charge in [0.15, 0.2) is 0 Å². The zero-order valence-electron chi connectivity index (χ0n) is 29.7. The van der Waals surface area contributed by atoms with Crippen molar-refractivity contribution in [2.75, 3.05) is 25.8 Å². The van der Waals surface area contributed by atoms with Crippen molar-refractivity contribution >= 4 is 23.2 Å². The molecule has 1 unspecified atom stereocenters. The summed E-state index contributed by atoms with van der Waals surface area (Å²) in [4.78, 5) is 17.9. The first-order chi connectivity index (χ1) is 26.1. The molecular formula is C41H36ClF3N6O3. The summed E-state index contributed by atoms with van der Waals surface area (Å²) in [5.74, 6) is 2.74. The maximum Gasteiger partial charge on any atom is 0.418 e.